The lowest BCUT2D eigenvalue weighted by atomic mass is 10.1. The Bertz CT molecular complexity index is 985. The number of carbonyl (C=O) groups excluding carboxylic acids is 2. The van der Waals surface area contributed by atoms with Gasteiger partial charge in [-0.05, 0) is 43.7 Å². The summed E-state index contributed by atoms with van der Waals surface area (Å²) in [5.74, 6) is 0.150. The first kappa shape index (κ1) is 19.8. The number of nitrogens with zero attached hydrogens (tertiary/aromatic N) is 2. The second-order valence-electron chi connectivity index (χ2n) is 6.39. The molecular weight excluding hydrogens is 378 g/mol. The molecule has 2 aromatic heterocycles. The number of ether oxygens (including phenoxy) is 1. The number of hydrogen-bond acceptors (Lipinski definition) is 6. The number of primary amides is 1. The number of carbonyl (C=O) groups is 2. The molecule has 0 aliphatic rings. The van der Waals surface area contributed by atoms with E-state index in [2.05, 4.69) is 17.8 Å². The van der Waals surface area contributed by atoms with E-state index in [1.54, 1.807) is 36.5 Å². The summed E-state index contributed by atoms with van der Waals surface area (Å²) < 4.78 is 12.6. The molecular formula is C20H21N3O4S. The van der Waals surface area contributed by atoms with E-state index in [9.17, 15) is 9.59 Å². The van der Waals surface area contributed by atoms with Gasteiger partial charge in [0.25, 0.3) is 0 Å². The van der Waals surface area contributed by atoms with E-state index >= 15 is 0 Å². The van der Waals surface area contributed by atoms with Crippen molar-refractivity contribution in [2.75, 3.05) is 4.31 Å². The molecule has 7 nitrogen and oxygen atoms in total. The first-order valence-electron chi connectivity index (χ1n) is 8.89. The van der Waals surface area contributed by atoms with Crippen LogP contribution >= 0.6 is 12.8 Å². The smallest absolute Gasteiger partial charge is 0.329 e. The molecule has 2 heterocycles. The molecule has 146 valence electrons. The number of benzene rings is 1. The molecule has 0 saturated carbocycles. The van der Waals surface area contributed by atoms with Crippen molar-refractivity contribution < 1.29 is 18.7 Å². The Morgan fingerprint density at radius 3 is 2.79 bits per heavy atom. The highest BCUT2D eigenvalue weighted by molar-refractivity contribution is 7.82. The van der Waals surface area contributed by atoms with E-state index in [4.69, 9.17) is 14.9 Å². The number of furan rings is 1. The van der Waals surface area contributed by atoms with Crippen LogP contribution in [0.15, 0.2) is 47.0 Å². The maximum absolute atomic E-state index is 13.1. The van der Waals surface area contributed by atoms with Gasteiger partial charge in [0.05, 0.1) is 17.4 Å². The van der Waals surface area contributed by atoms with E-state index in [1.807, 2.05) is 19.9 Å². The second kappa shape index (κ2) is 8.35. The van der Waals surface area contributed by atoms with Crippen LogP contribution in [0.4, 0.5) is 10.5 Å². The van der Waals surface area contributed by atoms with Gasteiger partial charge in [-0.3, -0.25) is 4.79 Å². The third kappa shape index (κ3) is 4.12. The number of aromatic nitrogens is 1. The van der Waals surface area contributed by atoms with Crippen molar-refractivity contribution in [2.45, 2.75) is 32.8 Å². The second-order valence-corrected chi connectivity index (χ2v) is 6.79. The molecule has 0 aliphatic carbocycles. The van der Waals surface area contributed by atoms with Crippen molar-refractivity contribution in [3.8, 4) is 5.75 Å². The Balaban J connectivity index is 2.01. The summed E-state index contributed by atoms with van der Waals surface area (Å²) in [5, 5.41) is 0.736. The predicted molar refractivity (Wildman–Crippen MR) is 110 cm³/mol. The summed E-state index contributed by atoms with van der Waals surface area (Å²) in [4.78, 5) is 28.6. The normalized spacial score (nSPS) is 12.0. The zero-order valence-electron chi connectivity index (χ0n) is 15.6. The SMILES string of the molecule is CCCC(C)Oc1cc(N(S)C(N)=O)ccc1C(=O)c1cc2cccnc2o1. The van der Waals surface area contributed by atoms with Crippen LogP contribution in [-0.2, 0) is 0 Å². The van der Waals surface area contributed by atoms with Crippen LogP contribution in [0.3, 0.4) is 0 Å². The third-order valence-electron chi connectivity index (χ3n) is 4.20. The van der Waals surface area contributed by atoms with Crippen LogP contribution in [-0.4, -0.2) is 22.9 Å². The van der Waals surface area contributed by atoms with Gasteiger partial charge < -0.3 is 14.9 Å². The number of amides is 2. The van der Waals surface area contributed by atoms with Crippen LogP contribution in [0.25, 0.3) is 11.1 Å². The minimum absolute atomic E-state index is 0.119. The lowest BCUT2D eigenvalue weighted by Gasteiger charge is -2.19. The number of ketones is 1. The molecule has 3 rings (SSSR count). The minimum Gasteiger partial charge on any atom is -0.490 e. The summed E-state index contributed by atoms with van der Waals surface area (Å²) >= 11 is 4.07. The number of rotatable bonds is 7. The molecule has 1 unspecified atom stereocenters. The van der Waals surface area contributed by atoms with Gasteiger partial charge in [-0.1, -0.05) is 26.2 Å². The lowest BCUT2D eigenvalue weighted by Crippen LogP contribution is -2.27. The van der Waals surface area contributed by atoms with Crippen LogP contribution in [0, 0.1) is 0 Å². The Hall–Kier alpha value is -3.00. The zero-order chi connectivity index (χ0) is 20.3. The zero-order valence-corrected chi connectivity index (χ0v) is 16.5. The Morgan fingerprint density at radius 1 is 1.32 bits per heavy atom. The molecule has 1 aromatic carbocycles. The molecule has 1 atom stereocenters. The van der Waals surface area contributed by atoms with Crippen LogP contribution in [0.1, 0.15) is 42.8 Å². The van der Waals surface area contributed by atoms with E-state index < -0.39 is 6.03 Å². The first-order valence-corrected chi connectivity index (χ1v) is 9.29. The average molecular weight is 399 g/mol. The van der Waals surface area contributed by atoms with Crippen molar-refractivity contribution in [3.63, 3.8) is 0 Å². The highest BCUT2D eigenvalue weighted by Gasteiger charge is 2.22. The van der Waals surface area contributed by atoms with Crippen molar-refractivity contribution >= 4 is 41.4 Å². The fourth-order valence-corrected chi connectivity index (χ4v) is 2.98. The van der Waals surface area contributed by atoms with E-state index in [1.165, 1.54) is 0 Å². The molecule has 0 fully saturated rings. The highest BCUT2D eigenvalue weighted by atomic mass is 32.1. The van der Waals surface area contributed by atoms with Gasteiger partial charge in [-0.25, -0.2) is 14.1 Å². The molecule has 0 radical (unpaired) electrons. The first-order chi connectivity index (χ1) is 13.4. The van der Waals surface area contributed by atoms with E-state index in [0.717, 1.165) is 22.5 Å². The Labute approximate surface area is 168 Å². The fourth-order valence-electron chi connectivity index (χ4n) is 2.86. The summed E-state index contributed by atoms with van der Waals surface area (Å²) in [6.45, 7) is 3.97. The predicted octanol–water partition coefficient (Wildman–Crippen LogP) is 4.36. The van der Waals surface area contributed by atoms with Crippen molar-refractivity contribution in [1.82, 2.24) is 4.98 Å². The highest BCUT2D eigenvalue weighted by Crippen LogP contribution is 2.31. The van der Waals surface area contributed by atoms with Gasteiger partial charge in [-0.2, -0.15) is 0 Å². The molecule has 8 heteroatoms. The monoisotopic (exact) mass is 399 g/mol. The van der Waals surface area contributed by atoms with Gasteiger partial charge in [0, 0.05) is 17.6 Å². The topological polar surface area (TPSA) is 98.7 Å². The van der Waals surface area contributed by atoms with Gasteiger partial charge >= 0.3 is 6.03 Å². The molecule has 2 N–H and O–H groups in total. The minimum atomic E-state index is -0.738. The van der Waals surface area contributed by atoms with Gasteiger partial charge in [0.2, 0.25) is 11.5 Å². The number of pyridine rings is 1. The molecule has 28 heavy (non-hydrogen) atoms. The maximum atomic E-state index is 13.1. The number of hydrogen-bond donors (Lipinski definition) is 2. The summed E-state index contributed by atoms with van der Waals surface area (Å²) in [7, 11) is 0. The van der Waals surface area contributed by atoms with Crippen molar-refractivity contribution in [1.29, 1.82) is 0 Å². The van der Waals surface area contributed by atoms with Crippen LogP contribution in [0.5, 0.6) is 5.75 Å². The number of fused-ring (bicyclic) bond motifs is 1. The third-order valence-corrected chi connectivity index (χ3v) is 4.63. The fraction of sp³-hybridized carbons (Fsp3) is 0.250. The van der Waals surface area contributed by atoms with Crippen molar-refractivity contribution in [3.05, 3.63) is 53.9 Å². The average Bonchev–Trinajstić information content (AvgIpc) is 3.11. The number of anilines is 1. The number of urea groups is 1. The number of nitrogens with two attached hydrogens (primary N) is 1. The molecule has 0 aliphatic heterocycles. The summed E-state index contributed by atoms with van der Waals surface area (Å²) in [6, 6.07) is 9.20. The maximum Gasteiger partial charge on any atom is 0.329 e. The van der Waals surface area contributed by atoms with Crippen LogP contribution in [0.2, 0.25) is 0 Å². The Kier molecular flexibility index (Phi) is 5.89. The molecule has 2 amide bonds. The molecule has 0 bridgehead atoms. The summed E-state index contributed by atoms with van der Waals surface area (Å²) in [6.07, 6.45) is 3.22. The van der Waals surface area contributed by atoms with E-state index in [-0.39, 0.29) is 17.6 Å². The van der Waals surface area contributed by atoms with Crippen LogP contribution < -0.4 is 14.8 Å². The number of thiol groups is 1. The molecule has 0 saturated heterocycles. The molecule has 0 spiro atoms. The van der Waals surface area contributed by atoms with Gasteiger partial charge in [-0.15, -0.1) is 0 Å². The van der Waals surface area contributed by atoms with E-state index in [0.29, 0.717) is 22.7 Å². The lowest BCUT2D eigenvalue weighted by molar-refractivity contribution is 0.100. The van der Waals surface area contributed by atoms with Gasteiger partial charge in [0.15, 0.2) is 5.76 Å². The summed E-state index contributed by atoms with van der Waals surface area (Å²) in [5.41, 5.74) is 6.39. The quantitative estimate of drug-likeness (QED) is 0.454. The largest absolute Gasteiger partial charge is 0.490 e. The Morgan fingerprint density at radius 2 is 2.11 bits per heavy atom. The molecule has 3 aromatic rings. The van der Waals surface area contributed by atoms with Crippen molar-refractivity contribution in [2.24, 2.45) is 5.73 Å². The standard InChI is InChI=1S/C20H21N3O4S/c1-3-5-12(2)26-16-11-14(23(28)20(21)25)7-8-15(16)18(24)17-10-13-6-4-9-22-19(13)27-17/h4,6-12,28H,3,5H2,1-2H3,(H2,21,25). The van der Waals surface area contributed by atoms with Gasteiger partial charge in [0.1, 0.15) is 5.75 Å².